The van der Waals surface area contributed by atoms with E-state index in [0.717, 1.165) is 10.7 Å². The summed E-state index contributed by atoms with van der Waals surface area (Å²) in [6.07, 6.45) is 0.904. The molecule has 5 nitrogen and oxygen atoms in total. The molecule has 1 aromatic carbocycles. The van der Waals surface area contributed by atoms with E-state index in [1.807, 2.05) is 6.92 Å². The van der Waals surface area contributed by atoms with Crippen molar-refractivity contribution in [3.63, 3.8) is 0 Å². The molecular weight excluding hydrogens is 264 g/mol. The summed E-state index contributed by atoms with van der Waals surface area (Å²) in [5.74, 6) is 0.453. The molecule has 0 bridgehead atoms. The first-order valence-electron chi connectivity index (χ1n) is 6.16. The fraction of sp³-hybridized carbons (Fsp3) is 0.462. The normalized spacial score (nSPS) is 22.3. The van der Waals surface area contributed by atoms with Crippen LogP contribution in [-0.2, 0) is 14.8 Å². The number of carbonyl (C=O) groups excluding carboxylic acids is 1. The van der Waals surface area contributed by atoms with Crippen molar-refractivity contribution in [2.45, 2.75) is 18.2 Å². The van der Waals surface area contributed by atoms with E-state index in [4.69, 9.17) is 0 Å². The zero-order valence-corrected chi connectivity index (χ0v) is 12.1. The molecule has 0 radical (unpaired) electrons. The highest BCUT2D eigenvalue weighted by molar-refractivity contribution is 7.89. The number of amides is 1. The Hall–Kier alpha value is -1.40. The summed E-state index contributed by atoms with van der Waals surface area (Å²) in [4.78, 5) is 12.0. The third-order valence-electron chi connectivity index (χ3n) is 3.33. The summed E-state index contributed by atoms with van der Waals surface area (Å²) in [5.41, 5.74) is 0.520. The van der Waals surface area contributed by atoms with Crippen LogP contribution < -0.4 is 5.32 Å². The van der Waals surface area contributed by atoms with Crippen LogP contribution in [0.3, 0.4) is 0 Å². The molecule has 19 heavy (non-hydrogen) atoms. The Labute approximate surface area is 113 Å². The summed E-state index contributed by atoms with van der Waals surface area (Å²) in [7, 11) is -0.511. The lowest BCUT2D eigenvalue weighted by molar-refractivity contribution is -0.117. The predicted octanol–water partition coefficient (Wildman–Crippen LogP) is 1.53. The summed E-state index contributed by atoms with van der Waals surface area (Å²) in [5, 5.41) is 2.76. The highest BCUT2D eigenvalue weighted by Crippen LogP contribution is 2.38. The Balaban J connectivity index is 2.18. The monoisotopic (exact) mass is 282 g/mol. The van der Waals surface area contributed by atoms with Gasteiger partial charge in [-0.15, -0.1) is 0 Å². The van der Waals surface area contributed by atoms with E-state index in [9.17, 15) is 13.2 Å². The van der Waals surface area contributed by atoms with Gasteiger partial charge in [-0.2, -0.15) is 0 Å². The van der Waals surface area contributed by atoms with Crippen LogP contribution in [0.15, 0.2) is 29.2 Å². The second kappa shape index (κ2) is 4.94. The number of nitrogens with one attached hydrogen (secondary N) is 1. The van der Waals surface area contributed by atoms with E-state index < -0.39 is 10.0 Å². The van der Waals surface area contributed by atoms with Crippen LogP contribution in [0, 0.1) is 11.8 Å². The van der Waals surface area contributed by atoms with Gasteiger partial charge in [0.2, 0.25) is 15.9 Å². The Morgan fingerprint density at radius 1 is 1.37 bits per heavy atom. The lowest BCUT2D eigenvalue weighted by Crippen LogP contribution is -2.22. The van der Waals surface area contributed by atoms with Crippen LogP contribution >= 0.6 is 0 Å². The maximum atomic E-state index is 12.0. The average Bonchev–Trinajstić information content (AvgIpc) is 3.06. The van der Waals surface area contributed by atoms with Crippen molar-refractivity contribution in [1.82, 2.24) is 4.31 Å². The van der Waals surface area contributed by atoms with E-state index in [1.165, 1.54) is 26.2 Å². The van der Waals surface area contributed by atoms with Gasteiger partial charge in [0.05, 0.1) is 4.90 Å². The SMILES string of the molecule is C[C@@H]1C[C@@H]1C(=O)Nc1cccc(S(=O)(=O)N(C)C)c1. The van der Waals surface area contributed by atoms with Gasteiger partial charge >= 0.3 is 0 Å². The van der Waals surface area contributed by atoms with Crippen molar-refractivity contribution in [3.05, 3.63) is 24.3 Å². The van der Waals surface area contributed by atoms with Gasteiger partial charge in [-0.25, -0.2) is 12.7 Å². The second-order valence-corrected chi connectivity index (χ2v) is 7.28. The quantitative estimate of drug-likeness (QED) is 0.910. The Morgan fingerprint density at radius 3 is 2.53 bits per heavy atom. The number of rotatable bonds is 4. The molecule has 0 heterocycles. The Bertz CT molecular complexity index is 596. The molecule has 1 N–H and O–H groups in total. The van der Waals surface area contributed by atoms with E-state index in [0.29, 0.717) is 11.6 Å². The first-order valence-corrected chi connectivity index (χ1v) is 7.60. The number of hydrogen-bond acceptors (Lipinski definition) is 3. The number of sulfonamides is 1. The van der Waals surface area contributed by atoms with E-state index in [2.05, 4.69) is 5.32 Å². The lowest BCUT2D eigenvalue weighted by Gasteiger charge is -2.12. The zero-order valence-electron chi connectivity index (χ0n) is 11.3. The van der Waals surface area contributed by atoms with Gasteiger partial charge in [0, 0.05) is 25.7 Å². The third kappa shape index (κ3) is 2.96. The van der Waals surface area contributed by atoms with Crippen molar-refractivity contribution in [2.75, 3.05) is 19.4 Å². The van der Waals surface area contributed by atoms with Crippen LogP contribution in [0.5, 0.6) is 0 Å². The molecule has 1 aromatic rings. The molecule has 1 aliphatic rings. The zero-order chi connectivity index (χ0) is 14.2. The van der Waals surface area contributed by atoms with Gasteiger partial charge in [-0.1, -0.05) is 13.0 Å². The average molecular weight is 282 g/mol. The van der Waals surface area contributed by atoms with Crippen LogP contribution in [0.1, 0.15) is 13.3 Å². The summed E-state index contributed by atoms with van der Waals surface area (Å²) in [6.45, 7) is 2.02. The molecule has 2 atom stereocenters. The van der Waals surface area contributed by atoms with Crippen LogP contribution in [-0.4, -0.2) is 32.7 Å². The molecule has 0 saturated heterocycles. The second-order valence-electron chi connectivity index (χ2n) is 5.12. The molecule has 1 fully saturated rings. The van der Waals surface area contributed by atoms with Crippen molar-refractivity contribution in [3.8, 4) is 0 Å². The van der Waals surface area contributed by atoms with Crippen LogP contribution in [0.25, 0.3) is 0 Å². The first-order chi connectivity index (χ1) is 8.82. The molecule has 104 valence electrons. The summed E-state index contributed by atoms with van der Waals surface area (Å²) >= 11 is 0. The topological polar surface area (TPSA) is 66.5 Å². The summed E-state index contributed by atoms with van der Waals surface area (Å²) < 4.78 is 25.1. The number of hydrogen-bond donors (Lipinski definition) is 1. The minimum atomic E-state index is -3.47. The first kappa shape index (κ1) is 14.0. The van der Waals surface area contributed by atoms with Crippen LogP contribution in [0.4, 0.5) is 5.69 Å². The molecule has 0 spiro atoms. The fourth-order valence-corrected chi connectivity index (χ4v) is 2.82. The third-order valence-corrected chi connectivity index (χ3v) is 5.14. The Kier molecular flexibility index (Phi) is 3.64. The largest absolute Gasteiger partial charge is 0.326 e. The lowest BCUT2D eigenvalue weighted by atomic mass is 10.3. The van der Waals surface area contributed by atoms with Crippen molar-refractivity contribution in [2.24, 2.45) is 11.8 Å². The highest BCUT2D eigenvalue weighted by atomic mass is 32.2. The summed E-state index contributed by atoms with van der Waals surface area (Å²) in [6, 6.07) is 6.33. The highest BCUT2D eigenvalue weighted by Gasteiger charge is 2.39. The molecule has 1 amide bonds. The molecule has 0 aromatic heterocycles. The maximum Gasteiger partial charge on any atom is 0.242 e. The molecule has 6 heteroatoms. The molecule has 1 saturated carbocycles. The van der Waals surface area contributed by atoms with Crippen molar-refractivity contribution >= 4 is 21.6 Å². The van der Waals surface area contributed by atoms with Gasteiger partial charge in [0.1, 0.15) is 0 Å². The fourth-order valence-electron chi connectivity index (χ4n) is 1.87. The van der Waals surface area contributed by atoms with E-state index >= 15 is 0 Å². The number of carbonyl (C=O) groups is 1. The molecule has 0 aliphatic heterocycles. The van der Waals surface area contributed by atoms with E-state index in [-0.39, 0.29) is 16.7 Å². The minimum absolute atomic E-state index is 0.0353. The number of anilines is 1. The minimum Gasteiger partial charge on any atom is -0.326 e. The van der Waals surface area contributed by atoms with Gasteiger partial charge in [-0.05, 0) is 30.5 Å². The molecule has 0 unspecified atom stereocenters. The van der Waals surface area contributed by atoms with Gasteiger partial charge in [0.15, 0.2) is 0 Å². The van der Waals surface area contributed by atoms with Gasteiger partial charge in [-0.3, -0.25) is 4.79 Å². The number of benzene rings is 1. The van der Waals surface area contributed by atoms with E-state index in [1.54, 1.807) is 12.1 Å². The number of nitrogens with zero attached hydrogens (tertiary/aromatic N) is 1. The molecule has 1 aliphatic carbocycles. The smallest absolute Gasteiger partial charge is 0.242 e. The van der Waals surface area contributed by atoms with Gasteiger partial charge < -0.3 is 5.32 Å². The van der Waals surface area contributed by atoms with Crippen molar-refractivity contribution < 1.29 is 13.2 Å². The Morgan fingerprint density at radius 2 is 2.00 bits per heavy atom. The van der Waals surface area contributed by atoms with Crippen LogP contribution in [0.2, 0.25) is 0 Å². The van der Waals surface area contributed by atoms with Gasteiger partial charge in [0.25, 0.3) is 0 Å². The molecular formula is C13H18N2O3S. The van der Waals surface area contributed by atoms with Crippen molar-refractivity contribution in [1.29, 1.82) is 0 Å². The maximum absolute atomic E-state index is 12.0. The standard InChI is InChI=1S/C13H18N2O3S/c1-9-7-12(9)13(16)14-10-5-4-6-11(8-10)19(17,18)15(2)3/h4-6,8-9,12H,7H2,1-3H3,(H,14,16)/t9-,12+/m1/s1. The predicted molar refractivity (Wildman–Crippen MR) is 73.2 cm³/mol. The molecule has 2 rings (SSSR count).